The Morgan fingerprint density at radius 3 is 2.53 bits per heavy atom. The quantitative estimate of drug-likeness (QED) is 0.251. The van der Waals surface area contributed by atoms with Crippen molar-refractivity contribution >= 4 is 46.3 Å². The van der Waals surface area contributed by atoms with Crippen molar-refractivity contribution < 1.29 is 19.2 Å². The van der Waals surface area contributed by atoms with Gasteiger partial charge < -0.3 is 15.0 Å². The van der Waals surface area contributed by atoms with E-state index in [0.717, 1.165) is 0 Å². The number of nitro groups is 1. The number of carbonyl (C=O) groups excluding carboxylic acids is 2. The zero-order valence-corrected chi connectivity index (χ0v) is 20.5. The summed E-state index contributed by atoms with van der Waals surface area (Å²) < 4.78 is 5.89. The molecule has 2 heterocycles. The summed E-state index contributed by atoms with van der Waals surface area (Å²) in [6, 6.07) is 10.2. The summed E-state index contributed by atoms with van der Waals surface area (Å²) >= 11 is 6.52. The molecule has 0 radical (unpaired) electrons. The average Bonchev–Trinajstić information content (AvgIpc) is 3.38. The van der Waals surface area contributed by atoms with E-state index in [4.69, 9.17) is 11.6 Å². The number of methoxy groups -OCH3 is 1. The maximum absolute atomic E-state index is 13.0. The van der Waals surface area contributed by atoms with Gasteiger partial charge in [-0.15, -0.1) is 9.73 Å². The molecule has 0 aliphatic carbocycles. The third-order valence-electron chi connectivity index (χ3n) is 5.23. The number of carbonyl (C=O) groups is 2. The Hall–Kier alpha value is -4.45. The van der Waals surface area contributed by atoms with Gasteiger partial charge in [0.2, 0.25) is 0 Å². The second kappa shape index (κ2) is 9.30. The van der Waals surface area contributed by atoms with Crippen LogP contribution in [-0.4, -0.2) is 43.8 Å². The van der Waals surface area contributed by atoms with Crippen molar-refractivity contribution in [1.29, 1.82) is 0 Å². The van der Waals surface area contributed by atoms with Gasteiger partial charge in [-0.25, -0.2) is 4.79 Å². The van der Waals surface area contributed by atoms with E-state index in [1.807, 2.05) is 20.8 Å². The first-order valence-electron chi connectivity index (χ1n) is 10.7. The molecule has 186 valence electrons. The molecule has 2 aromatic carbocycles. The fraction of sp³-hybridized carbons (Fsp3) is 0.217. The third-order valence-corrected chi connectivity index (χ3v) is 5.58. The maximum Gasteiger partial charge on any atom is 0.411 e. The summed E-state index contributed by atoms with van der Waals surface area (Å²) in [4.78, 5) is 38.4. The molecule has 2 amide bonds. The molecule has 4 aromatic rings. The lowest BCUT2D eigenvalue weighted by atomic mass is 9.92. The summed E-state index contributed by atoms with van der Waals surface area (Å²) in [7, 11) is 1.23. The second-order valence-electron chi connectivity index (χ2n) is 8.86. The zero-order valence-electron chi connectivity index (χ0n) is 19.7. The predicted molar refractivity (Wildman–Crippen MR) is 134 cm³/mol. The Labute approximate surface area is 209 Å². The maximum atomic E-state index is 13.0. The Morgan fingerprint density at radius 1 is 1.14 bits per heavy atom. The van der Waals surface area contributed by atoms with Crippen LogP contribution in [0.4, 0.5) is 21.9 Å². The highest BCUT2D eigenvalue weighted by atomic mass is 35.5. The molecule has 3 N–H and O–H groups in total. The number of nitrogens with one attached hydrogen (secondary N) is 3. The van der Waals surface area contributed by atoms with Gasteiger partial charge in [0.05, 0.1) is 23.4 Å². The topological polar surface area (TPSA) is 157 Å². The van der Waals surface area contributed by atoms with Crippen molar-refractivity contribution in [2.75, 3.05) is 17.7 Å². The summed E-state index contributed by atoms with van der Waals surface area (Å²) in [6.07, 6.45) is -0.679. The lowest BCUT2D eigenvalue weighted by Crippen LogP contribution is -2.15. The Bertz CT molecular complexity index is 1500. The highest BCUT2D eigenvalue weighted by Gasteiger charge is 2.26. The third kappa shape index (κ3) is 4.84. The number of benzene rings is 2. The van der Waals surface area contributed by atoms with Crippen molar-refractivity contribution in [3.05, 3.63) is 68.9 Å². The second-order valence-corrected chi connectivity index (χ2v) is 9.24. The monoisotopic (exact) mass is 511 g/mol. The fourth-order valence-electron chi connectivity index (χ4n) is 3.45. The summed E-state index contributed by atoms with van der Waals surface area (Å²) in [6.45, 7) is 5.89. The smallest absolute Gasteiger partial charge is 0.411 e. The number of nitrogens with zero attached hydrogens (tertiary/aromatic N) is 4. The normalized spacial score (nSPS) is 11.4. The van der Waals surface area contributed by atoms with Crippen LogP contribution in [0.2, 0.25) is 5.02 Å². The molecule has 0 bridgehead atoms. The van der Waals surface area contributed by atoms with Crippen LogP contribution in [0.5, 0.6) is 0 Å². The number of halogens is 1. The minimum Gasteiger partial charge on any atom is -0.453 e. The van der Waals surface area contributed by atoms with E-state index >= 15 is 0 Å². The standard InChI is InChI=1S/C23H22ClN7O5/c1-23(2,3)18-17(24)20-27-19(29-30(20)28-18)15-11-14(31(34)35)8-9-16(15)26-21(32)12-6-5-7-13(10-12)25-22(33)36-4/h5-11H,1-4H3,(H,25,33)(H,26,32)(H,27,29). The van der Waals surface area contributed by atoms with Gasteiger partial charge in [-0.1, -0.05) is 38.4 Å². The Kier molecular flexibility index (Phi) is 6.37. The minimum atomic E-state index is -0.679. The molecule has 0 saturated heterocycles. The first-order chi connectivity index (χ1) is 17.0. The van der Waals surface area contributed by atoms with Crippen LogP contribution in [0, 0.1) is 10.1 Å². The molecule has 0 unspecified atom stereocenters. The van der Waals surface area contributed by atoms with Crippen LogP contribution in [0.25, 0.3) is 17.0 Å². The molecule has 0 aliphatic rings. The number of aromatic nitrogens is 4. The fourth-order valence-corrected chi connectivity index (χ4v) is 3.89. The number of aromatic amines is 1. The molecule has 0 spiro atoms. The van der Waals surface area contributed by atoms with Crippen molar-refractivity contribution in [3.8, 4) is 11.4 Å². The number of hydrogen-bond acceptors (Lipinski definition) is 7. The van der Waals surface area contributed by atoms with E-state index in [-0.39, 0.29) is 33.7 Å². The van der Waals surface area contributed by atoms with Crippen LogP contribution in [0.3, 0.4) is 0 Å². The van der Waals surface area contributed by atoms with Crippen LogP contribution >= 0.6 is 11.6 Å². The van der Waals surface area contributed by atoms with E-state index in [1.165, 1.54) is 36.0 Å². The first-order valence-corrected chi connectivity index (χ1v) is 11.1. The predicted octanol–water partition coefficient (Wildman–Crippen LogP) is 5.01. The van der Waals surface area contributed by atoms with Gasteiger partial charge in [0, 0.05) is 34.4 Å². The zero-order chi connectivity index (χ0) is 26.2. The van der Waals surface area contributed by atoms with Crippen LogP contribution in [0.15, 0.2) is 42.5 Å². The van der Waals surface area contributed by atoms with Crippen molar-refractivity contribution in [2.24, 2.45) is 0 Å². The van der Waals surface area contributed by atoms with Crippen LogP contribution < -0.4 is 10.6 Å². The van der Waals surface area contributed by atoms with Crippen LogP contribution in [-0.2, 0) is 10.2 Å². The van der Waals surface area contributed by atoms with E-state index in [2.05, 4.69) is 30.6 Å². The summed E-state index contributed by atoms with van der Waals surface area (Å²) in [5.74, 6) is -0.289. The highest BCUT2D eigenvalue weighted by molar-refractivity contribution is 6.34. The summed E-state index contributed by atoms with van der Waals surface area (Å²) in [5.41, 5.74) is 1.66. The molecule has 0 aliphatic heterocycles. The number of ether oxygens (including phenoxy) is 1. The Morgan fingerprint density at radius 2 is 1.89 bits per heavy atom. The molecule has 0 fully saturated rings. The number of hydrogen-bond donors (Lipinski definition) is 3. The molecular weight excluding hydrogens is 490 g/mol. The van der Waals surface area contributed by atoms with Gasteiger partial charge in [0.1, 0.15) is 5.02 Å². The number of nitro benzene ring substituents is 1. The van der Waals surface area contributed by atoms with E-state index in [1.54, 1.807) is 18.2 Å². The lowest BCUT2D eigenvalue weighted by molar-refractivity contribution is -0.384. The van der Waals surface area contributed by atoms with Gasteiger partial charge in [-0.05, 0) is 24.3 Å². The van der Waals surface area contributed by atoms with Gasteiger partial charge in [0.15, 0.2) is 11.5 Å². The number of anilines is 2. The van der Waals surface area contributed by atoms with E-state index < -0.39 is 16.9 Å². The van der Waals surface area contributed by atoms with Gasteiger partial charge in [-0.3, -0.25) is 20.2 Å². The molecule has 12 nitrogen and oxygen atoms in total. The van der Waals surface area contributed by atoms with Crippen molar-refractivity contribution in [1.82, 2.24) is 19.8 Å². The molecular formula is C23H22ClN7O5. The molecule has 2 aromatic heterocycles. The highest BCUT2D eigenvalue weighted by Crippen LogP contribution is 2.34. The lowest BCUT2D eigenvalue weighted by Gasteiger charge is -2.14. The molecule has 36 heavy (non-hydrogen) atoms. The van der Waals surface area contributed by atoms with E-state index in [9.17, 15) is 19.7 Å². The molecule has 4 rings (SSSR count). The number of rotatable bonds is 5. The number of non-ortho nitro benzene ring substituents is 1. The van der Waals surface area contributed by atoms with E-state index in [0.29, 0.717) is 22.1 Å². The number of fused-ring (bicyclic) bond motifs is 1. The molecule has 0 saturated carbocycles. The Balaban J connectivity index is 1.72. The number of H-pyrrole nitrogens is 1. The largest absolute Gasteiger partial charge is 0.453 e. The van der Waals surface area contributed by atoms with Gasteiger partial charge in [0.25, 0.3) is 11.6 Å². The molecule has 0 atom stereocenters. The van der Waals surface area contributed by atoms with Gasteiger partial charge >= 0.3 is 6.09 Å². The van der Waals surface area contributed by atoms with Crippen molar-refractivity contribution in [3.63, 3.8) is 0 Å². The number of amides is 2. The van der Waals surface area contributed by atoms with Crippen LogP contribution in [0.1, 0.15) is 36.8 Å². The summed E-state index contributed by atoms with van der Waals surface area (Å²) in [5, 5.41) is 25.9. The first kappa shape index (κ1) is 24.7. The minimum absolute atomic E-state index is 0.192. The average molecular weight is 512 g/mol. The SMILES string of the molecule is COC(=O)Nc1cccc(C(=O)Nc2ccc([N+](=O)[O-])cc2-c2nn3nc(C(C)(C)C)c(Cl)c3[nH]2)c1. The molecule has 13 heteroatoms. The van der Waals surface area contributed by atoms with Gasteiger partial charge in [-0.2, -0.15) is 5.10 Å². The van der Waals surface area contributed by atoms with Crippen molar-refractivity contribution in [2.45, 2.75) is 26.2 Å².